The molecule has 1 aliphatic rings. The lowest BCUT2D eigenvalue weighted by Crippen LogP contribution is -2.07. The highest BCUT2D eigenvalue weighted by Gasteiger charge is 2.19. The molecule has 0 spiro atoms. The van der Waals surface area contributed by atoms with Gasteiger partial charge >= 0.3 is 0 Å². The summed E-state index contributed by atoms with van der Waals surface area (Å²) in [5, 5.41) is 5.78. The summed E-state index contributed by atoms with van der Waals surface area (Å²) in [7, 11) is 0. The first kappa shape index (κ1) is 17.4. The Hall–Kier alpha value is -2.01. The van der Waals surface area contributed by atoms with Gasteiger partial charge in [0.25, 0.3) is 0 Å². The number of aldehydes is 1. The van der Waals surface area contributed by atoms with Gasteiger partial charge in [0, 0.05) is 12.0 Å². The maximum atomic E-state index is 11.7. The van der Waals surface area contributed by atoms with Crippen LogP contribution in [-0.2, 0) is 12.8 Å². The summed E-state index contributed by atoms with van der Waals surface area (Å²) < 4.78 is 1.73. The number of hydrogen-bond donors (Lipinski definition) is 0. The molecule has 0 saturated heterocycles. The Bertz CT molecular complexity index is 888. The smallest absolute Gasteiger partial charge is 0.213 e. The van der Waals surface area contributed by atoms with Crippen LogP contribution in [0.1, 0.15) is 66.5 Å². The Kier molecular flexibility index (Phi) is 5.16. The van der Waals surface area contributed by atoms with Crippen molar-refractivity contribution in [2.75, 3.05) is 0 Å². The van der Waals surface area contributed by atoms with E-state index < -0.39 is 0 Å². The summed E-state index contributed by atoms with van der Waals surface area (Å²) in [5.74, 6) is 0.846. The molecule has 1 aromatic carbocycles. The zero-order chi connectivity index (χ0) is 17.9. The van der Waals surface area contributed by atoms with E-state index in [2.05, 4.69) is 24.2 Å². The molecule has 1 aliphatic carbocycles. The molecule has 2 heterocycles. The minimum atomic E-state index is 0.560. The SMILES string of the molecule is CCc1ccc(-c2nc3sc(CCC4CCCCC4)nn3c2C=O)cc1. The van der Waals surface area contributed by atoms with Crippen LogP contribution in [0.25, 0.3) is 16.2 Å². The predicted molar refractivity (Wildman–Crippen MR) is 106 cm³/mol. The van der Waals surface area contributed by atoms with Gasteiger partial charge < -0.3 is 0 Å². The van der Waals surface area contributed by atoms with E-state index in [-0.39, 0.29) is 0 Å². The zero-order valence-electron chi connectivity index (χ0n) is 15.3. The Morgan fingerprint density at radius 3 is 2.65 bits per heavy atom. The number of aromatic nitrogens is 3. The first-order valence-electron chi connectivity index (χ1n) is 9.71. The first-order chi connectivity index (χ1) is 12.8. The maximum Gasteiger partial charge on any atom is 0.213 e. The fourth-order valence-electron chi connectivity index (χ4n) is 3.92. The molecule has 0 atom stereocenters. The minimum absolute atomic E-state index is 0.560. The maximum absolute atomic E-state index is 11.7. The van der Waals surface area contributed by atoms with Crippen LogP contribution in [0.15, 0.2) is 24.3 Å². The van der Waals surface area contributed by atoms with Gasteiger partial charge in [-0.05, 0) is 24.3 Å². The van der Waals surface area contributed by atoms with Gasteiger partial charge in [0.1, 0.15) is 16.4 Å². The Morgan fingerprint density at radius 1 is 1.19 bits per heavy atom. The van der Waals surface area contributed by atoms with E-state index in [1.807, 2.05) is 12.1 Å². The van der Waals surface area contributed by atoms with Gasteiger partial charge in [0.05, 0.1) is 0 Å². The van der Waals surface area contributed by atoms with Crippen LogP contribution in [0, 0.1) is 5.92 Å². The molecule has 0 N–H and O–H groups in total. The third-order valence-electron chi connectivity index (χ3n) is 5.52. The number of aryl methyl sites for hydroxylation is 2. The molecular formula is C21H25N3OS. The van der Waals surface area contributed by atoms with Gasteiger partial charge in [0.15, 0.2) is 6.29 Å². The molecule has 26 heavy (non-hydrogen) atoms. The lowest BCUT2D eigenvalue weighted by molar-refractivity contribution is 0.111. The Balaban J connectivity index is 1.56. The second kappa shape index (κ2) is 7.70. The van der Waals surface area contributed by atoms with Crippen molar-refractivity contribution in [3.8, 4) is 11.3 Å². The number of imidazole rings is 1. The summed E-state index contributed by atoms with van der Waals surface area (Å²) in [6.07, 6.45) is 11.0. The normalized spacial score (nSPS) is 15.6. The molecule has 0 amide bonds. The summed E-state index contributed by atoms with van der Waals surface area (Å²) in [6, 6.07) is 8.28. The molecule has 1 fully saturated rings. The number of benzene rings is 1. The van der Waals surface area contributed by atoms with Gasteiger partial charge in [-0.25, -0.2) is 4.98 Å². The fraction of sp³-hybridized carbons (Fsp3) is 0.476. The molecule has 0 radical (unpaired) electrons. The molecule has 3 aromatic rings. The van der Waals surface area contributed by atoms with Gasteiger partial charge in [-0.2, -0.15) is 9.61 Å². The third-order valence-corrected chi connectivity index (χ3v) is 6.49. The molecule has 4 rings (SSSR count). The predicted octanol–water partition coefficient (Wildman–Crippen LogP) is 5.35. The standard InChI is InChI=1S/C21H25N3OS/c1-2-15-8-11-17(12-9-15)20-18(14-25)24-21(22-20)26-19(23-24)13-10-16-6-4-3-5-7-16/h8-9,11-12,14,16H,2-7,10,13H2,1H3. The largest absolute Gasteiger partial charge is 0.296 e. The second-order valence-electron chi connectivity index (χ2n) is 7.25. The van der Waals surface area contributed by atoms with E-state index >= 15 is 0 Å². The van der Waals surface area contributed by atoms with Crippen LogP contribution in [-0.4, -0.2) is 20.9 Å². The summed E-state index contributed by atoms with van der Waals surface area (Å²) in [6.45, 7) is 2.14. The third kappa shape index (κ3) is 3.45. The lowest BCUT2D eigenvalue weighted by Gasteiger charge is -2.20. The molecule has 2 aromatic heterocycles. The van der Waals surface area contributed by atoms with Crippen molar-refractivity contribution >= 4 is 22.6 Å². The average Bonchev–Trinajstić information content (AvgIpc) is 3.24. The molecule has 0 aliphatic heterocycles. The zero-order valence-corrected chi connectivity index (χ0v) is 16.1. The Labute approximate surface area is 158 Å². The van der Waals surface area contributed by atoms with Crippen LogP contribution in [0.5, 0.6) is 0 Å². The van der Waals surface area contributed by atoms with Gasteiger partial charge in [-0.3, -0.25) is 4.79 Å². The van der Waals surface area contributed by atoms with Crippen LogP contribution in [0.4, 0.5) is 0 Å². The highest BCUT2D eigenvalue weighted by molar-refractivity contribution is 7.16. The number of fused-ring (bicyclic) bond motifs is 1. The van der Waals surface area contributed by atoms with Crippen molar-refractivity contribution in [2.45, 2.75) is 58.3 Å². The minimum Gasteiger partial charge on any atom is -0.296 e. The van der Waals surface area contributed by atoms with Gasteiger partial charge in [0.2, 0.25) is 4.96 Å². The molecule has 0 bridgehead atoms. The van der Waals surface area contributed by atoms with E-state index in [0.717, 1.165) is 46.3 Å². The van der Waals surface area contributed by atoms with E-state index in [9.17, 15) is 4.79 Å². The number of nitrogens with zero attached hydrogens (tertiary/aromatic N) is 3. The van der Waals surface area contributed by atoms with E-state index in [1.54, 1.807) is 15.9 Å². The van der Waals surface area contributed by atoms with Gasteiger partial charge in [-0.1, -0.05) is 74.6 Å². The van der Waals surface area contributed by atoms with E-state index in [0.29, 0.717) is 5.69 Å². The molecule has 136 valence electrons. The number of carbonyl (C=O) groups excluding carboxylic acids is 1. The fourth-order valence-corrected chi connectivity index (χ4v) is 4.84. The number of carbonyl (C=O) groups is 1. The van der Waals surface area contributed by atoms with Crippen LogP contribution >= 0.6 is 11.3 Å². The quantitative estimate of drug-likeness (QED) is 0.552. The molecule has 5 heteroatoms. The second-order valence-corrected chi connectivity index (χ2v) is 8.29. The van der Waals surface area contributed by atoms with Crippen molar-refractivity contribution in [1.82, 2.24) is 14.6 Å². The van der Waals surface area contributed by atoms with E-state index in [1.165, 1.54) is 44.1 Å². The van der Waals surface area contributed by atoms with Crippen LogP contribution in [0.2, 0.25) is 0 Å². The topological polar surface area (TPSA) is 47.3 Å². The molecule has 0 unspecified atom stereocenters. The Morgan fingerprint density at radius 2 is 1.96 bits per heavy atom. The highest BCUT2D eigenvalue weighted by atomic mass is 32.1. The summed E-state index contributed by atoms with van der Waals surface area (Å²) >= 11 is 1.62. The monoisotopic (exact) mass is 367 g/mol. The van der Waals surface area contributed by atoms with Gasteiger partial charge in [-0.15, -0.1) is 0 Å². The number of rotatable bonds is 6. The van der Waals surface area contributed by atoms with Crippen molar-refractivity contribution in [3.63, 3.8) is 0 Å². The molecular weight excluding hydrogens is 342 g/mol. The van der Waals surface area contributed by atoms with Crippen LogP contribution in [0.3, 0.4) is 0 Å². The molecule has 1 saturated carbocycles. The van der Waals surface area contributed by atoms with E-state index in [4.69, 9.17) is 4.98 Å². The van der Waals surface area contributed by atoms with Crippen LogP contribution < -0.4 is 0 Å². The number of hydrogen-bond acceptors (Lipinski definition) is 4. The lowest BCUT2D eigenvalue weighted by atomic mass is 9.86. The average molecular weight is 368 g/mol. The molecule has 4 nitrogen and oxygen atoms in total. The first-order valence-corrected chi connectivity index (χ1v) is 10.5. The highest BCUT2D eigenvalue weighted by Crippen LogP contribution is 2.30. The van der Waals surface area contributed by atoms with Crippen molar-refractivity contribution < 1.29 is 4.79 Å². The van der Waals surface area contributed by atoms with Crippen molar-refractivity contribution in [1.29, 1.82) is 0 Å². The summed E-state index contributed by atoms with van der Waals surface area (Å²) in [4.78, 5) is 17.2. The summed E-state index contributed by atoms with van der Waals surface area (Å²) in [5.41, 5.74) is 3.56. The van der Waals surface area contributed by atoms with Crippen molar-refractivity contribution in [3.05, 3.63) is 40.5 Å². The van der Waals surface area contributed by atoms with Crippen molar-refractivity contribution in [2.24, 2.45) is 5.92 Å².